The summed E-state index contributed by atoms with van der Waals surface area (Å²) in [6.45, 7) is 0. The van der Waals surface area contributed by atoms with Crippen molar-refractivity contribution in [3.63, 3.8) is 0 Å². The Kier molecular flexibility index (Phi) is 5.91. The Hall–Kier alpha value is -6.38. The molecule has 0 aliphatic carbocycles. The van der Waals surface area contributed by atoms with E-state index in [0.29, 0.717) is 0 Å². The standard InChI is InChI=1S/C46H29NO/c1-3-11-37-30(8-1)10-7-14-38(37)32-16-20-34(21-17-32)47(36-23-27-44-43-13-5-6-15-45(43)48-46(44)29-36)35-22-26-40-33(28-35)19-25-41-39-12-4-2-9-31(39)18-24-42(40)41/h1-29H. The smallest absolute Gasteiger partial charge is 0.137 e. The van der Waals surface area contributed by atoms with Gasteiger partial charge in [0, 0.05) is 33.9 Å². The molecule has 0 aliphatic rings. The van der Waals surface area contributed by atoms with Crippen LogP contribution in [0.5, 0.6) is 0 Å². The molecule has 0 spiro atoms. The number of anilines is 3. The van der Waals surface area contributed by atoms with Gasteiger partial charge in [-0.25, -0.2) is 0 Å². The highest BCUT2D eigenvalue weighted by Crippen LogP contribution is 2.41. The van der Waals surface area contributed by atoms with E-state index in [1.807, 2.05) is 12.1 Å². The number of benzene rings is 9. The van der Waals surface area contributed by atoms with Gasteiger partial charge in [-0.3, -0.25) is 0 Å². The predicted octanol–water partition coefficient (Wildman–Crippen LogP) is 13.3. The van der Waals surface area contributed by atoms with Crippen LogP contribution in [-0.4, -0.2) is 0 Å². The van der Waals surface area contributed by atoms with Gasteiger partial charge in [-0.1, -0.05) is 127 Å². The molecular formula is C46H29NO. The van der Waals surface area contributed by atoms with Crippen molar-refractivity contribution in [2.75, 3.05) is 4.90 Å². The molecule has 224 valence electrons. The average molecular weight is 612 g/mol. The monoisotopic (exact) mass is 611 g/mol. The van der Waals surface area contributed by atoms with Crippen LogP contribution in [0.25, 0.3) is 76.2 Å². The number of furan rings is 1. The first-order chi connectivity index (χ1) is 23.8. The van der Waals surface area contributed by atoms with Crippen LogP contribution in [-0.2, 0) is 0 Å². The van der Waals surface area contributed by atoms with E-state index in [9.17, 15) is 0 Å². The highest BCUT2D eigenvalue weighted by atomic mass is 16.3. The molecule has 0 radical (unpaired) electrons. The molecule has 0 saturated carbocycles. The van der Waals surface area contributed by atoms with Crippen LogP contribution in [0.3, 0.4) is 0 Å². The van der Waals surface area contributed by atoms with Crippen LogP contribution in [0, 0.1) is 0 Å². The average Bonchev–Trinajstić information content (AvgIpc) is 3.53. The van der Waals surface area contributed by atoms with Crippen LogP contribution >= 0.6 is 0 Å². The van der Waals surface area contributed by atoms with Crippen LogP contribution in [0.15, 0.2) is 180 Å². The van der Waals surface area contributed by atoms with E-state index in [1.165, 1.54) is 54.2 Å². The van der Waals surface area contributed by atoms with Gasteiger partial charge >= 0.3 is 0 Å². The molecule has 10 rings (SSSR count). The van der Waals surface area contributed by atoms with Crippen molar-refractivity contribution in [3.05, 3.63) is 176 Å². The summed E-state index contributed by atoms with van der Waals surface area (Å²) in [4.78, 5) is 2.34. The number of para-hydroxylation sites is 1. The summed E-state index contributed by atoms with van der Waals surface area (Å²) >= 11 is 0. The molecule has 48 heavy (non-hydrogen) atoms. The first-order valence-electron chi connectivity index (χ1n) is 16.4. The van der Waals surface area contributed by atoms with E-state index in [1.54, 1.807) is 0 Å². The molecule has 0 unspecified atom stereocenters. The Bertz CT molecular complexity index is 2840. The molecule has 1 heterocycles. The summed E-state index contributed by atoms with van der Waals surface area (Å²) in [5.74, 6) is 0. The van der Waals surface area contributed by atoms with Gasteiger partial charge in [-0.15, -0.1) is 0 Å². The summed E-state index contributed by atoms with van der Waals surface area (Å²) in [5, 5.41) is 12.3. The summed E-state index contributed by atoms with van der Waals surface area (Å²) in [6.07, 6.45) is 0. The van der Waals surface area contributed by atoms with Crippen molar-refractivity contribution in [1.82, 2.24) is 0 Å². The number of hydrogen-bond acceptors (Lipinski definition) is 2. The SMILES string of the molecule is c1ccc2c(-c3ccc(N(c4ccc5c(ccc6c7ccccc7ccc56)c4)c4ccc5c(c4)oc4ccccc45)cc3)cccc2c1. The van der Waals surface area contributed by atoms with Gasteiger partial charge in [0.25, 0.3) is 0 Å². The van der Waals surface area contributed by atoms with E-state index in [2.05, 4.69) is 169 Å². The number of rotatable bonds is 4. The zero-order chi connectivity index (χ0) is 31.6. The molecule has 0 bridgehead atoms. The second kappa shape index (κ2) is 10.6. The molecule has 0 aliphatic heterocycles. The molecule has 0 amide bonds. The lowest BCUT2D eigenvalue weighted by Crippen LogP contribution is -2.09. The fraction of sp³-hybridized carbons (Fsp3) is 0. The van der Waals surface area contributed by atoms with Gasteiger partial charge < -0.3 is 9.32 Å². The predicted molar refractivity (Wildman–Crippen MR) is 204 cm³/mol. The molecule has 9 aromatic carbocycles. The lowest BCUT2D eigenvalue weighted by molar-refractivity contribution is 0.669. The number of nitrogens with zero attached hydrogens (tertiary/aromatic N) is 1. The van der Waals surface area contributed by atoms with Gasteiger partial charge in [0.15, 0.2) is 0 Å². The largest absolute Gasteiger partial charge is 0.456 e. The van der Waals surface area contributed by atoms with Gasteiger partial charge in [-0.05, 0) is 96.7 Å². The minimum atomic E-state index is 0.879. The van der Waals surface area contributed by atoms with Crippen LogP contribution in [0.1, 0.15) is 0 Å². The normalized spacial score (nSPS) is 11.8. The first-order valence-corrected chi connectivity index (χ1v) is 16.4. The molecule has 2 heteroatoms. The van der Waals surface area contributed by atoms with Crippen LogP contribution in [0.4, 0.5) is 17.1 Å². The Morgan fingerprint density at radius 1 is 0.312 bits per heavy atom. The topological polar surface area (TPSA) is 16.4 Å². The molecule has 0 N–H and O–H groups in total. The Morgan fingerprint density at radius 3 is 1.67 bits per heavy atom. The third-order valence-electron chi connectivity index (χ3n) is 9.83. The molecular weight excluding hydrogens is 583 g/mol. The van der Waals surface area contributed by atoms with Gasteiger partial charge in [0.05, 0.1) is 0 Å². The highest BCUT2D eigenvalue weighted by molar-refractivity contribution is 6.17. The Labute approximate surface area is 277 Å². The van der Waals surface area contributed by atoms with E-state index >= 15 is 0 Å². The lowest BCUT2D eigenvalue weighted by atomic mass is 9.96. The molecule has 0 fully saturated rings. The quantitative estimate of drug-likeness (QED) is 0.184. The highest BCUT2D eigenvalue weighted by Gasteiger charge is 2.17. The molecule has 10 aromatic rings. The maximum atomic E-state index is 6.36. The first kappa shape index (κ1) is 26.8. The summed E-state index contributed by atoms with van der Waals surface area (Å²) in [7, 11) is 0. The van der Waals surface area contributed by atoms with Crippen molar-refractivity contribution in [3.8, 4) is 11.1 Å². The van der Waals surface area contributed by atoms with Crippen molar-refractivity contribution < 1.29 is 4.42 Å². The van der Waals surface area contributed by atoms with E-state index in [-0.39, 0.29) is 0 Å². The van der Waals surface area contributed by atoms with E-state index in [0.717, 1.165) is 39.0 Å². The van der Waals surface area contributed by atoms with Gasteiger partial charge in [0.1, 0.15) is 11.2 Å². The maximum Gasteiger partial charge on any atom is 0.137 e. The van der Waals surface area contributed by atoms with E-state index < -0.39 is 0 Å². The van der Waals surface area contributed by atoms with Crippen molar-refractivity contribution in [2.45, 2.75) is 0 Å². The zero-order valence-corrected chi connectivity index (χ0v) is 26.1. The second-order valence-electron chi connectivity index (χ2n) is 12.5. The van der Waals surface area contributed by atoms with Crippen LogP contribution in [0.2, 0.25) is 0 Å². The van der Waals surface area contributed by atoms with Crippen molar-refractivity contribution in [1.29, 1.82) is 0 Å². The van der Waals surface area contributed by atoms with Crippen molar-refractivity contribution >= 4 is 82.1 Å². The third kappa shape index (κ3) is 4.20. The molecule has 0 saturated heterocycles. The van der Waals surface area contributed by atoms with E-state index in [4.69, 9.17) is 4.42 Å². The lowest BCUT2D eigenvalue weighted by Gasteiger charge is -2.26. The second-order valence-corrected chi connectivity index (χ2v) is 12.5. The van der Waals surface area contributed by atoms with Gasteiger partial charge in [0.2, 0.25) is 0 Å². The van der Waals surface area contributed by atoms with Gasteiger partial charge in [-0.2, -0.15) is 0 Å². The molecule has 1 aromatic heterocycles. The third-order valence-corrected chi connectivity index (χ3v) is 9.83. The summed E-state index contributed by atoms with van der Waals surface area (Å²) < 4.78 is 6.36. The molecule has 2 nitrogen and oxygen atoms in total. The fourth-order valence-corrected chi connectivity index (χ4v) is 7.52. The number of fused-ring (bicyclic) bond motifs is 9. The summed E-state index contributed by atoms with van der Waals surface area (Å²) in [5.41, 5.74) is 7.44. The minimum absolute atomic E-state index is 0.879. The van der Waals surface area contributed by atoms with Crippen molar-refractivity contribution in [2.24, 2.45) is 0 Å². The number of hydrogen-bond donors (Lipinski definition) is 0. The minimum Gasteiger partial charge on any atom is -0.456 e. The van der Waals surface area contributed by atoms with Crippen LogP contribution < -0.4 is 4.90 Å². The maximum absolute atomic E-state index is 6.36. The zero-order valence-electron chi connectivity index (χ0n) is 26.1. The Balaban J connectivity index is 1.14. The fourth-order valence-electron chi connectivity index (χ4n) is 7.52. The summed E-state index contributed by atoms with van der Waals surface area (Å²) in [6, 6.07) is 63.4. The molecule has 0 atom stereocenters. The Morgan fingerprint density at radius 2 is 0.854 bits per heavy atom.